The number of halogens is 1. The van der Waals surface area contributed by atoms with E-state index < -0.39 is 0 Å². The van der Waals surface area contributed by atoms with E-state index >= 15 is 0 Å². The standard InChI is InChI=1S/C27H45IO/c1-4-5-6-7-8-9-10-19-12-14-22-21-13-11-20-17-25(29)24(28)18-27(20,3)23(21)15-16-26(19,22)2/h19-24H,4-18H2,1-3H3/t19-,20-,21-,22-,23-,24+,26+,27-/m0/s1. The SMILES string of the molecule is CCCCCCCC[C@H]1CC[C@H]2[C@@H]3CC[C@H]4CC(=O)[C@H](I)C[C@]4(C)[C@H]3CC[C@]12C. The molecule has 0 heterocycles. The van der Waals surface area contributed by atoms with Gasteiger partial charge in [0.1, 0.15) is 5.78 Å². The van der Waals surface area contributed by atoms with Crippen LogP contribution in [0.3, 0.4) is 0 Å². The normalized spacial score (nSPS) is 46.8. The first-order valence-corrected chi connectivity index (χ1v) is 14.3. The van der Waals surface area contributed by atoms with Crippen LogP contribution in [0.1, 0.15) is 117 Å². The van der Waals surface area contributed by atoms with Crippen LogP contribution in [0.4, 0.5) is 0 Å². The summed E-state index contributed by atoms with van der Waals surface area (Å²) in [6, 6.07) is 0. The van der Waals surface area contributed by atoms with Crippen LogP contribution in [0.15, 0.2) is 0 Å². The van der Waals surface area contributed by atoms with Gasteiger partial charge in [0.05, 0.1) is 3.92 Å². The summed E-state index contributed by atoms with van der Waals surface area (Å²) < 4.78 is 0.282. The summed E-state index contributed by atoms with van der Waals surface area (Å²) in [7, 11) is 0. The molecule has 166 valence electrons. The molecule has 0 saturated heterocycles. The van der Waals surface area contributed by atoms with E-state index in [0.717, 1.165) is 30.1 Å². The van der Waals surface area contributed by atoms with Gasteiger partial charge in [-0.15, -0.1) is 0 Å². The van der Waals surface area contributed by atoms with E-state index in [2.05, 4.69) is 43.4 Å². The minimum atomic E-state index is 0.282. The van der Waals surface area contributed by atoms with Gasteiger partial charge in [-0.3, -0.25) is 4.79 Å². The van der Waals surface area contributed by atoms with Crippen LogP contribution in [-0.2, 0) is 4.79 Å². The van der Waals surface area contributed by atoms with Gasteiger partial charge in [-0.05, 0) is 91.8 Å². The highest BCUT2D eigenvalue weighted by Gasteiger charge is 2.60. The molecule has 0 spiro atoms. The largest absolute Gasteiger partial charge is 0.299 e. The van der Waals surface area contributed by atoms with E-state index in [0.29, 0.717) is 22.5 Å². The van der Waals surface area contributed by atoms with Crippen molar-refractivity contribution in [2.45, 2.75) is 121 Å². The van der Waals surface area contributed by atoms with Crippen molar-refractivity contribution in [2.75, 3.05) is 0 Å². The topological polar surface area (TPSA) is 17.1 Å². The zero-order valence-corrected chi connectivity index (χ0v) is 21.5. The number of unbranched alkanes of at least 4 members (excludes halogenated alkanes) is 5. The Balaban J connectivity index is 1.39. The second kappa shape index (κ2) is 9.10. The lowest BCUT2D eigenvalue weighted by Crippen LogP contribution is -2.55. The van der Waals surface area contributed by atoms with E-state index in [4.69, 9.17) is 0 Å². The molecule has 8 atom stereocenters. The highest BCUT2D eigenvalue weighted by atomic mass is 127. The van der Waals surface area contributed by atoms with E-state index in [9.17, 15) is 4.79 Å². The Bertz CT molecular complexity index is 587. The number of rotatable bonds is 7. The van der Waals surface area contributed by atoms with Gasteiger partial charge < -0.3 is 0 Å². The molecule has 4 fully saturated rings. The molecule has 0 aromatic rings. The lowest BCUT2D eigenvalue weighted by Gasteiger charge is -2.60. The van der Waals surface area contributed by atoms with Crippen LogP contribution in [0.5, 0.6) is 0 Å². The van der Waals surface area contributed by atoms with Crippen LogP contribution in [0.2, 0.25) is 0 Å². The number of ketones is 1. The number of fused-ring (bicyclic) bond motifs is 5. The van der Waals surface area contributed by atoms with Gasteiger partial charge in [0.15, 0.2) is 0 Å². The summed E-state index contributed by atoms with van der Waals surface area (Å²) in [5.41, 5.74) is 1.07. The summed E-state index contributed by atoms with van der Waals surface area (Å²) >= 11 is 2.46. The Hall–Kier alpha value is 0.400. The Morgan fingerprint density at radius 1 is 0.897 bits per heavy atom. The quantitative estimate of drug-likeness (QED) is 0.190. The van der Waals surface area contributed by atoms with E-state index in [1.54, 1.807) is 0 Å². The van der Waals surface area contributed by atoms with Crippen LogP contribution in [0.25, 0.3) is 0 Å². The van der Waals surface area contributed by atoms with Gasteiger partial charge >= 0.3 is 0 Å². The summed E-state index contributed by atoms with van der Waals surface area (Å²) in [6.07, 6.45) is 20.9. The van der Waals surface area contributed by atoms with Crippen molar-refractivity contribution in [1.82, 2.24) is 0 Å². The van der Waals surface area contributed by atoms with Crippen molar-refractivity contribution >= 4 is 28.4 Å². The van der Waals surface area contributed by atoms with Crippen molar-refractivity contribution in [1.29, 1.82) is 0 Å². The van der Waals surface area contributed by atoms with Crippen LogP contribution < -0.4 is 0 Å². The molecule has 2 heteroatoms. The Morgan fingerprint density at radius 2 is 1.62 bits per heavy atom. The van der Waals surface area contributed by atoms with Gasteiger partial charge in [0.25, 0.3) is 0 Å². The Labute approximate surface area is 194 Å². The number of hydrogen-bond acceptors (Lipinski definition) is 1. The smallest absolute Gasteiger partial charge is 0.145 e. The van der Waals surface area contributed by atoms with Gasteiger partial charge in [0.2, 0.25) is 0 Å². The molecule has 0 radical (unpaired) electrons. The first-order chi connectivity index (χ1) is 13.9. The number of carbonyl (C=O) groups is 1. The second-order valence-electron chi connectivity index (χ2n) is 11.9. The van der Waals surface area contributed by atoms with Crippen molar-refractivity contribution in [3.63, 3.8) is 0 Å². The molecule has 0 amide bonds. The Kier molecular flexibility index (Phi) is 7.09. The minimum Gasteiger partial charge on any atom is -0.299 e. The predicted molar refractivity (Wildman–Crippen MR) is 131 cm³/mol. The first kappa shape index (κ1) is 22.6. The molecular formula is C27H45IO. The van der Waals surface area contributed by atoms with E-state index in [1.165, 1.54) is 89.9 Å². The predicted octanol–water partition coefficient (Wildman–Crippen LogP) is 8.38. The average molecular weight is 513 g/mol. The summed E-state index contributed by atoms with van der Waals surface area (Å²) in [6.45, 7) is 7.61. The Morgan fingerprint density at radius 3 is 2.41 bits per heavy atom. The fourth-order valence-corrected chi connectivity index (χ4v) is 10.0. The summed E-state index contributed by atoms with van der Waals surface area (Å²) in [5.74, 6) is 5.07. The molecule has 0 unspecified atom stereocenters. The molecule has 0 aromatic heterocycles. The maximum Gasteiger partial charge on any atom is 0.145 e. The van der Waals surface area contributed by atoms with E-state index in [1.807, 2.05) is 0 Å². The van der Waals surface area contributed by atoms with Gasteiger partial charge in [-0.2, -0.15) is 0 Å². The number of alkyl halides is 1. The maximum atomic E-state index is 12.4. The third-order valence-electron chi connectivity index (χ3n) is 10.6. The van der Waals surface area contributed by atoms with Crippen molar-refractivity contribution in [3.8, 4) is 0 Å². The van der Waals surface area contributed by atoms with Crippen molar-refractivity contribution in [2.24, 2.45) is 40.4 Å². The molecule has 0 aliphatic heterocycles. The summed E-state index contributed by atoms with van der Waals surface area (Å²) in [5, 5.41) is 0. The fourth-order valence-electron chi connectivity index (χ4n) is 8.81. The molecular weight excluding hydrogens is 467 g/mol. The lowest BCUT2D eigenvalue weighted by atomic mass is 9.44. The second-order valence-corrected chi connectivity index (χ2v) is 13.4. The minimum absolute atomic E-state index is 0.282. The fraction of sp³-hybridized carbons (Fsp3) is 0.963. The number of hydrogen-bond donors (Lipinski definition) is 0. The molecule has 4 rings (SSSR count). The first-order valence-electron chi connectivity index (χ1n) is 13.1. The zero-order chi connectivity index (χ0) is 20.6. The van der Waals surface area contributed by atoms with Gasteiger partial charge in [-0.25, -0.2) is 0 Å². The third kappa shape index (κ3) is 4.11. The summed E-state index contributed by atoms with van der Waals surface area (Å²) in [4.78, 5) is 12.4. The van der Waals surface area contributed by atoms with Crippen LogP contribution in [0, 0.1) is 40.4 Å². The zero-order valence-electron chi connectivity index (χ0n) is 19.4. The van der Waals surface area contributed by atoms with Gasteiger partial charge in [0, 0.05) is 6.42 Å². The molecule has 29 heavy (non-hydrogen) atoms. The third-order valence-corrected chi connectivity index (χ3v) is 11.7. The van der Waals surface area contributed by atoms with Gasteiger partial charge in [-0.1, -0.05) is 81.9 Å². The van der Waals surface area contributed by atoms with E-state index in [-0.39, 0.29) is 3.92 Å². The lowest BCUT2D eigenvalue weighted by molar-refractivity contribution is -0.137. The van der Waals surface area contributed by atoms with Crippen LogP contribution in [-0.4, -0.2) is 9.71 Å². The highest BCUT2D eigenvalue weighted by Crippen LogP contribution is 2.68. The highest BCUT2D eigenvalue weighted by molar-refractivity contribution is 14.1. The molecule has 1 nitrogen and oxygen atoms in total. The van der Waals surface area contributed by atoms with Crippen molar-refractivity contribution < 1.29 is 4.79 Å². The molecule has 0 N–H and O–H groups in total. The molecule has 4 aliphatic carbocycles. The van der Waals surface area contributed by atoms with Crippen LogP contribution >= 0.6 is 22.6 Å². The van der Waals surface area contributed by atoms with Crippen molar-refractivity contribution in [3.05, 3.63) is 0 Å². The number of Topliss-reactive ketones (excluding diaryl/α,β-unsaturated/α-hetero) is 1. The average Bonchev–Trinajstić information content (AvgIpc) is 3.02. The molecule has 0 aromatic carbocycles. The molecule has 4 aliphatic rings. The molecule has 0 bridgehead atoms. The molecule has 4 saturated carbocycles. The number of carbonyl (C=O) groups excluding carboxylic acids is 1. The monoisotopic (exact) mass is 512 g/mol. The maximum absolute atomic E-state index is 12.4.